The lowest BCUT2D eigenvalue weighted by molar-refractivity contribution is 0.0951. The molecule has 0 atom stereocenters. The highest BCUT2D eigenvalue weighted by atomic mass is 32.2. The van der Waals surface area contributed by atoms with E-state index in [0.29, 0.717) is 18.7 Å². The Morgan fingerprint density at radius 3 is 2.53 bits per heavy atom. The lowest BCUT2D eigenvalue weighted by Gasteiger charge is -2.12. The van der Waals surface area contributed by atoms with Crippen molar-refractivity contribution in [2.75, 3.05) is 46.0 Å². The summed E-state index contributed by atoms with van der Waals surface area (Å²) in [4.78, 5) is 20.3. The Morgan fingerprint density at radius 1 is 1.00 bits per heavy atom. The van der Waals surface area contributed by atoms with E-state index >= 15 is 0 Å². The molecule has 2 rings (SSSR count). The van der Waals surface area contributed by atoms with Crippen LogP contribution in [-0.2, 0) is 6.54 Å². The average Bonchev–Trinajstić information content (AvgIpc) is 2.75. The van der Waals surface area contributed by atoms with Crippen LogP contribution in [0.5, 0.6) is 0 Å². The predicted molar refractivity (Wildman–Crippen MR) is 127 cm³/mol. The highest BCUT2D eigenvalue weighted by Crippen LogP contribution is 2.15. The van der Waals surface area contributed by atoms with Crippen molar-refractivity contribution < 1.29 is 4.79 Å². The van der Waals surface area contributed by atoms with E-state index in [1.807, 2.05) is 61.1 Å². The van der Waals surface area contributed by atoms with Crippen LogP contribution < -0.4 is 16.0 Å². The number of benzene rings is 2. The van der Waals surface area contributed by atoms with Crippen LogP contribution in [0.1, 0.15) is 22.8 Å². The zero-order valence-corrected chi connectivity index (χ0v) is 19.0. The number of hydrogen-bond donors (Lipinski definition) is 3. The standard InChI is InChI=1S/C23H33N5OS/c1-4-24-23(26-14-16-30-21-11-6-5-7-12-21)27-18-19-9-8-10-20(17-19)22(29)25-13-15-28(2)3/h5-12,17H,4,13-16,18H2,1-3H3,(H,25,29)(H2,24,26,27). The molecule has 0 fully saturated rings. The van der Waals surface area contributed by atoms with Crippen molar-refractivity contribution in [3.05, 3.63) is 65.7 Å². The number of carbonyl (C=O) groups is 1. The molecule has 6 nitrogen and oxygen atoms in total. The number of carbonyl (C=O) groups excluding carboxylic acids is 1. The Balaban J connectivity index is 1.85. The molecule has 162 valence electrons. The number of nitrogens with zero attached hydrogens (tertiary/aromatic N) is 2. The molecule has 0 aliphatic carbocycles. The average molecular weight is 428 g/mol. The summed E-state index contributed by atoms with van der Waals surface area (Å²) in [5, 5.41) is 9.59. The minimum atomic E-state index is -0.0503. The van der Waals surface area contributed by atoms with Crippen molar-refractivity contribution in [2.45, 2.75) is 18.4 Å². The first-order valence-corrected chi connectivity index (χ1v) is 11.3. The molecule has 0 bridgehead atoms. The summed E-state index contributed by atoms with van der Waals surface area (Å²) in [6, 6.07) is 18.0. The van der Waals surface area contributed by atoms with E-state index < -0.39 is 0 Å². The fraction of sp³-hybridized carbons (Fsp3) is 0.391. The normalized spacial score (nSPS) is 11.4. The van der Waals surface area contributed by atoms with Crippen LogP contribution in [0.2, 0.25) is 0 Å². The van der Waals surface area contributed by atoms with Gasteiger partial charge < -0.3 is 20.9 Å². The second-order valence-corrected chi connectivity index (χ2v) is 8.21. The number of aliphatic imine (C=N–C) groups is 1. The van der Waals surface area contributed by atoms with Crippen LogP contribution in [0.25, 0.3) is 0 Å². The van der Waals surface area contributed by atoms with Gasteiger partial charge in [0, 0.05) is 42.4 Å². The lowest BCUT2D eigenvalue weighted by atomic mass is 10.1. The summed E-state index contributed by atoms with van der Waals surface area (Å²) in [7, 11) is 3.97. The van der Waals surface area contributed by atoms with Gasteiger partial charge in [0.05, 0.1) is 6.54 Å². The number of guanidine groups is 1. The van der Waals surface area contributed by atoms with Gasteiger partial charge >= 0.3 is 0 Å². The van der Waals surface area contributed by atoms with Crippen LogP contribution in [0.3, 0.4) is 0 Å². The van der Waals surface area contributed by atoms with Crippen molar-refractivity contribution in [3.63, 3.8) is 0 Å². The van der Waals surface area contributed by atoms with Gasteiger partial charge in [-0.1, -0.05) is 30.3 Å². The van der Waals surface area contributed by atoms with Crippen LogP contribution in [0.4, 0.5) is 0 Å². The van der Waals surface area contributed by atoms with Crippen LogP contribution in [0.15, 0.2) is 64.5 Å². The molecular weight excluding hydrogens is 394 g/mol. The number of hydrogen-bond acceptors (Lipinski definition) is 4. The summed E-state index contributed by atoms with van der Waals surface area (Å²) in [5.74, 6) is 1.69. The topological polar surface area (TPSA) is 68.8 Å². The van der Waals surface area contributed by atoms with Gasteiger partial charge in [-0.15, -0.1) is 11.8 Å². The first kappa shape index (κ1) is 23.8. The molecule has 0 radical (unpaired) electrons. The van der Waals surface area contributed by atoms with Gasteiger partial charge in [-0.25, -0.2) is 4.99 Å². The van der Waals surface area contributed by atoms with Crippen LogP contribution in [-0.4, -0.2) is 62.8 Å². The van der Waals surface area contributed by atoms with Gasteiger partial charge in [0.25, 0.3) is 5.91 Å². The number of nitrogens with one attached hydrogen (secondary N) is 3. The minimum absolute atomic E-state index is 0.0503. The third-order valence-corrected chi connectivity index (χ3v) is 5.22. The maximum atomic E-state index is 12.3. The Bertz CT molecular complexity index is 795. The first-order valence-electron chi connectivity index (χ1n) is 10.3. The van der Waals surface area contributed by atoms with Crippen molar-refractivity contribution in [1.29, 1.82) is 0 Å². The molecule has 1 amide bonds. The number of likely N-dealkylation sites (N-methyl/N-ethyl adjacent to an activating group) is 1. The Hall–Kier alpha value is -2.51. The van der Waals surface area contributed by atoms with Crippen molar-refractivity contribution in [3.8, 4) is 0 Å². The molecule has 0 unspecified atom stereocenters. The van der Waals surface area contributed by atoms with Gasteiger partial charge in [-0.2, -0.15) is 0 Å². The molecule has 2 aromatic carbocycles. The number of thioether (sulfide) groups is 1. The summed E-state index contributed by atoms with van der Waals surface area (Å²) in [5.41, 5.74) is 1.67. The maximum absolute atomic E-state index is 12.3. The van der Waals surface area contributed by atoms with E-state index in [-0.39, 0.29) is 5.91 Å². The summed E-state index contributed by atoms with van der Waals surface area (Å²) in [6.45, 7) is 5.62. The molecule has 0 spiro atoms. The van der Waals surface area contributed by atoms with E-state index in [1.54, 1.807) is 0 Å². The van der Waals surface area contributed by atoms with Crippen molar-refractivity contribution in [1.82, 2.24) is 20.9 Å². The molecule has 2 aromatic rings. The first-order chi connectivity index (χ1) is 14.6. The Morgan fingerprint density at radius 2 is 1.80 bits per heavy atom. The molecule has 30 heavy (non-hydrogen) atoms. The van der Waals surface area contributed by atoms with E-state index in [0.717, 1.165) is 36.9 Å². The summed E-state index contributed by atoms with van der Waals surface area (Å²) >= 11 is 1.82. The maximum Gasteiger partial charge on any atom is 0.251 e. The van der Waals surface area contributed by atoms with Crippen LogP contribution in [0, 0.1) is 0 Å². The van der Waals surface area contributed by atoms with Gasteiger partial charge in [-0.3, -0.25) is 4.79 Å². The predicted octanol–water partition coefficient (Wildman–Crippen LogP) is 2.83. The largest absolute Gasteiger partial charge is 0.357 e. The molecule has 0 aliphatic heterocycles. The molecule has 0 saturated carbocycles. The Kier molecular flexibility index (Phi) is 10.8. The smallest absolute Gasteiger partial charge is 0.251 e. The molecule has 0 aliphatic rings. The molecular formula is C23H33N5OS. The van der Waals surface area contributed by atoms with Crippen LogP contribution >= 0.6 is 11.8 Å². The second kappa shape index (κ2) is 13.7. The van der Waals surface area contributed by atoms with Gasteiger partial charge in [0.2, 0.25) is 0 Å². The lowest BCUT2D eigenvalue weighted by Crippen LogP contribution is -2.38. The van der Waals surface area contributed by atoms with Crippen molar-refractivity contribution in [2.24, 2.45) is 4.99 Å². The van der Waals surface area contributed by atoms with Gasteiger partial charge in [0.1, 0.15) is 0 Å². The Labute approximate surface area is 184 Å². The minimum Gasteiger partial charge on any atom is -0.357 e. The number of amides is 1. The zero-order chi connectivity index (χ0) is 21.6. The molecule has 3 N–H and O–H groups in total. The molecule has 0 heterocycles. The summed E-state index contributed by atoms with van der Waals surface area (Å²) in [6.07, 6.45) is 0. The SMILES string of the molecule is CCNC(=NCc1cccc(C(=O)NCCN(C)C)c1)NCCSc1ccccc1. The monoisotopic (exact) mass is 427 g/mol. The highest BCUT2D eigenvalue weighted by Gasteiger charge is 2.06. The second-order valence-electron chi connectivity index (χ2n) is 7.04. The van der Waals surface area contributed by atoms with E-state index in [4.69, 9.17) is 0 Å². The third kappa shape index (κ3) is 9.33. The van der Waals surface area contributed by atoms with Gasteiger partial charge in [0.15, 0.2) is 5.96 Å². The fourth-order valence-corrected chi connectivity index (χ4v) is 3.46. The highest BCUT2D eigenvalue weighted by molar-refractivity contribution is 7.99. The van der Waals surface area contributed by atoms with Gasteiger partial charge in [-0.05, 0) is 50.8 Å². The van der Waals surface area contributed by atoms with E-state index in [2.05, 4.69) is 52.1 Å². The molecule has 0 aromatic heterocycles. The summed E-state index contributed by atoms with van der Waals surface area (Å²) < 4.78 is 0. The van der Waals surface area contributed by atoms with E-state index in [1.165, 1.54) is 4.90 Å². The van der Waals surface area contributed by atoms with E-state index in [9.17, 15) is 4.79 Å². The third-order valence-electron chi connectivity index (χ3n) is 4.20. The molecule has 7 heteroatoms. The zero-order valence-electron chi connectivity index (χ0n) is 18.1. The quantitative estimate of drug-likeness (QED) is 0.223. The fourth-order valence-electron chi connectivity index (χ4n) is 2.67. The number of rotatable bonds is 11. The molecule has 0 saturated heterocycles. The van der Waals surface area contributed by atoms with Crippen molar-refractivity contribution >= 4 is 23.6 Å².